The van der Waals surface area contributed by atoms with Gasteiger partial charge in [0.2, 0.25) is 0 Å². The lowest BCUT2D eigenvalue weighted by Gasteiger charge is -2.11. The fourth-order valence-electron chi connectivity index (χ4n) is 3.14. The predicted octanol–water partition coefficient (Wildman–Crippen LogP) is 3.94. The quantitative estimate of drug-likeness (QED) is 0.543. The van der Waals surface area contributed by atoms with Gasteiger partial charge in [0.1, 0.15) is 17.0 Å². The maximum absolute atomic E-state index is 14.0. The van der Waals surface area contributed by atoms with E-state index >= 15 is 0 Å². The molecule has 0 aliphatic heterocycles. The molecular weight excluding hydrogens is 343 g/mol. The lowest BCUT2D eigenvalue weighted by molar-refractivity contribution is 0.616. The number of nitrogens with zero attached hydrogens (tertiary/aromatic N) is 4. The molecule has 4 rings (SSSR count). The third kappa shape index (κ3) is 2.73. The molecule has 0 aliphatic rings. The highest BCUT2D eigenvalue weighted by Gasteiger charge is 2.16. The van der Waals surface area contributed by atoms with Crippen LogP contribution in [0.3, 0.4) is 0 Å². The summed E-state index contributed by atoms with van der Waals surface area (Å²) in [5, 5.41) is 4.76. The van der Waals surface area contributed by atoms with Crippen molar-refractivity contribution in [2.45, 2.75) is 27.7 Å². The first kappa shape index (κ1) is 17.1. The van der Waals surface area contributed by atoms with Crippen LogP contribution < -0.4 is 5.56 Å². The molecule has 0 amide bonds. The van der Waals surface area contributed by atoms with E-state index < -0.39 is 0 Å². The standard InChI is InChI=1S/C21H19FN4O/c1-12-5-8-17(9-14(12)3)26-20-18(11-23-26)21(27)25(15(4)24-20)16-7-6-13(2)19(22)10-16/h5-11H,1-4H3. The number of rotatable bonds is 2. The first-order valence-electron chi connectivity index (χ1n) is 8.68. The van der Waals surface area contributed by atoms with Gasteiger partial charge < -0.3 is 0 Å². The van der Waals surface area contributed by atoms with E-state index in [4.69, 9.17) is 0 Å². The molecule has 2 aromatic carbocycles. The Labute approximate surface area is 155 Å². The summed E-state index contributed by atoms with van der Waals surface area (Å²) in [4.78, 5) is 17.7. The zero-order chi connectivity index (χ0) is 19.3. The average Bonchev–Trinajstić information content (AvgIpc) is 3.04. The summed E-state index contributed by atoms with van der Waals surface area (Å²) in [7, 11) is 0. The summed E-state index contributed by atoms with van der Waals surface area (Å²) in [5.41, 5.74) is 4.37. The second-order valence-electron chi connectivity index (χ2n) is 6.80. The number of aromatic nitrogens is 4. The second kappa shape index (κ2) is 6.16. The van der Waals surface area contributed by atoms with Crippen LogP contribution in [-0.2, 0) is 0 Å². The van der Waals surface area contributed by atoms with E-state index in [9.17, 15) is 9.18 Å². The van der Waals surface area contributed by atoms with Gasteiger partial charge in [-0.25, -0.2) is 14.1 Å². The van der Waals surface area contributed by atoms with Crippen molar-refractivity contribution < 1.29 is 4.39 Å². The Hall–Kier alpha value is -3.28. The van der Waals surface area contributed by atoms with Crippen LogP contribution in [-0.4, -0.2) is 19.3 Å². The first-order chi connectivity index (χ1) is 12.9. The summed E-state index contributed by atoms with van der Waals surface area (Å²) in [6, 6.07) is 10.7. The number of aryl methyl sites for hydroxylation is 4. The van der Waals surface area contributed by atoms with Crippen LogP contribution in [0.1, 0.15) is 22.5 Å². The summed E-state index contributed by atoms with van der Waals surface area (Å²) in [6.45, 7) is 7.49. The van der Waals surface area contributed by atoms with Crippen molar-refractivity contribution in [3.8, 4) is 11.4 Å². The molecule has 0 unspecified atom stereocenters. The number of benzene rings is 2. The van der Waals surface area contributed by atoms with Crippen LogP contribution in [0.15, 0.2) is 47.4 Å². The summed E-state index contributed by atoms with van der Waals surface area (Å²) < 4.78 is 17.1. The fourth-order valence-corrected chi connectivity index (χ4v) is 3.14. The molecule has 0 atom stereocenters. The van der Waals surface area contributed by atoms with Crippen molar-refractivity contribution in [3.63, 3.8) is 0 Å². The Morgan fingerprint density at radius 3 is 2.30 bits per heavy atom. The van der Waals surface area contributed by atoms with Gasteiger partial charge in [-0.1, -0.05) is 12.1 Å². The first-order valence-corrected chi connectivity index (χ1v) is 8.68. The Kier molecular flexibility index (Phi) is 3.91. The van der Waals surface area contributed by atoms with Gasteiger partial charge in [0, 0.05) is 0 Å². The maximum Gasteiger partial charge on any atom is 0.269 e. The largest absolute Gasteiger partial charge is 0.269 e. The van der Waals surface area contributed by atoms with Gasteiger partial charge in [-0.05, 0) is 68.7 Å². The lowest BCUT2D eigenvalue weighted by atomic mass is 10.1. The second-order valence-corrected chi connectivity index (χ2v) is 6.80. The smallest absolute Gasteiger partial charge is 0.268 e. The van der Waals surface area contributed by atoms with Crippen molar-refractivity contribution in [3.05, 3.63) is 81.3 Å². The van der Waals surface area contributed by atoms with Crippen LogP contribution in [0.2, 0.25) is 0 Å². The summed E-state index contributed by atoms with van der Waals surface area (Å²) in [5.74, 6) is 0.117. The van der Waals surface area contributed by atoms with E-state index in [0.29, 0.717) is 28.1 Å². The van der Waals surface area contributed by atoms with E-state index in [1.165, 1.54) is 22.4 Å². The Bertz CT molecular complexity index is 1250. The van der Waals surface area contributed by atoms with Gasteiger partial charge in [-0.15, -0.1) is 0 Å². The van der Waals surface area contributed by atoms with Crippen molar-refractivity contribution in [2.75, 3.05) is 0 Å². The molecule has 0 saturated heterocycles. The molecular formula is C21H19FN4O. The molecule has 0 saturated carbocycles. The highest BCUT2D eigenvalue weighted by Crippen LogP contribution is 2.19. The van der Waals surface area contributed by atoms with Gasteiger partial charge in [0.15, 0.2) is 5.65 Å². The van der Waals surface area contributed by atoms with Gasteiger partial charge in [-0.2, -0.15) is 5.10 Å². The normalized spacial score (nSPS) is 11.3. The van der Waals surface area contributed by atoms with E-state index in [0.717, 1.165) is 11.3 Å². The van der Waals surface area contributed by atoms with E-state index in [2.05, 4.69) is 10.1 Å². The Balaban J connectivity index is 1.95. The van der Waals surface area contributed by atoms with Crippen molar-refractivity contribution in [1.82, 2.24) is 19.3 Å². The molecule has 0 spiro atoms. The van der Waals surface area contributed by atoms with E-state index in [-0.39, 0.29) is 11.4 Å². The molecule has 4 aromatic rings. The van der Waals surface area contributed by atoms with Gasteiger partial charge in [-0.3, -0.25) is 9.36 Å². The van der Waals surface area contributed by atoms with Crippen molar-refractivity contribution >= 4 is 11.0 Å². The van der Waals surface area contributed by atoms with Gasteiger partial charge >= 0.3 is 0 Å². The Morgan fingerprint density at radius 2 is 1.59 bits per heavy atom. The van der Waals surface area contributed by atoms with Crippen LogP contribution in [0.4, 0.5) is 4.39 Å². The maximum atomic E-state index is 14.0. The molecule has 2 heterocycles. The monoisotopic (exact) mass is 362 g/mol. The topological polar surface area (TPSA) is 52.7 Å². The third-order valence-corrected chi connectivity index (χ3v) is 4.92. The van der Waals surface area contributed by atoms with E-state index in [1.807, 2.05) is 32.0 Å². The number of hydrogen-bond acceptors (Lipinski definition) is 3. The van der Waals surface area contributed by atoms with Crippen molar-refractivity contribution in [2.24, 2.45) is 0 Å². The highest BCUT2D eigenvalue weighted by atomic mass is 19.1. The molecule has 0 fully saturated rings. The van der Waals surface area contributed by atoms with Gasteiger partial charge in [0.25, 0.3) is 5.56 Å². The SMILES string of the molecule is Cc1ccc(-n2ncc3c(=O)n(-c4ccc(C)c(F)c4)c(C)nc32)cc1C. The number of fused-ring (bicyclic) bond motifs is 1. The molecule has 27 heavy (non-hydrogen) atoms. The molecule has 0 aliphatic carbocycles. The molecule has 2 aromatic heterocycles. The summed E-state index contributed by atoms with van der Waals surface area (Å²) >= 11 is 0. The van der Waals surface area contributed by atoms with E-state index in [1.54, 1.807) is 30.7 Å². The van der Waals surface area contributed by atoms with Gasteiger partial charge in [0.05, 0.1) is 17.6 Å². The Morgan fingerprint density at radius 1 is 0.889 bits per heavy atom. The third-order valence-electron chi connectivity index (χ3n) is 4.92. The molecule has 136 valence electrons. The highest BCUT2D eigenvalue weighted by molar-refractivity contribution is 5.76. The minimum atomic E-state index is -0.357. The molecule has 6 heteroatoms. The fraction of sp³-hybridized carbons (Fsp3) is 0.190. The zero-order valence-corrected chi connectivity index (χ0v) is 15.6. The van der Waals surface area contributed by atoms with Crippen LogP contribution in [0.5, 0.6) is 0 Å². The van der Waals surface area contributed by atoms with Crippen LogP contribution >= 0.6 is 0 Å². The number of halogens is 1. The lowest BCUT2D eigenvalue weighted by Crippen LogP contribution is -2.22. The minimum Gasteiger partial charge on any atom is -0.268 e. The van der Waals surface area contributed by atoms with Crippen molar-refractivity contribution in [1.29, 1.82) is 0 Å². The predicted molar refractivity (Wildman–Crippen MR) is 103 cm³/mol. The molecule has 5 nitrogen and oxygen atoms in total. The zero-order valence-electron chi connectivity index (χ0n) is 15.6. The molecule has 0 bridgehead atoms. The summed E-state index contributed by atoms with van der Waals surface area (Å²) in [6.07, 6.45) is 1.51. The average molecular weight is 362 g/mol. The number of hydrogen-bond donors (Lipinski definition) is 0. The minimum absolute atomic E-state index is 0.268. The molecule has 0 N–H and O–H groups in total. The van der Waals surface area contributed by atoms with Crippen LogP contribution in [0, 0.1) is 33.5 Å². The van der Waals surface area contributed by atoms with Crippen LogP contribution in [0.25, 0.3) is 22.4 Å². The molecule has 0 radical (unpaired) electrons.